The molecule has 0 aromatic rings. The molecule has 1 atom stereocenters. The van der Waals surface area contributed by atoms with Gasteiger partial charge in [-0.1, -0.05) is 18.2 Å². The van der Waals surface area contributed by atoms with Crippen LogP contribution in [0.15, 0.2) is 28.9 Å². The lowest BCUT2D eigenvalue weighted by atomic mass is 9.86. The van der Waals surface area contributed by atoms with E-state index in [1.165, 1.54) is 0 Å². The molecule has 2 aliphatic rings. The predicted octanol–water partition coefficient (Wildman–Crippen LogP) is -0.0666. The van der Waals surface area contributed by atoms with Crippen LogP contribution in [-0.2, 0) is 4.79 Å². The van der Waals surface area contributed by atoms with E-state index in [4.69, 9.17) is 5.73 Å². The predicted molar refractivity (Wildman–Crippen MR) is 50.0 cm³/mol. The number of fused-ring (bicyclic) bond motifs is 1. The molecule has 1 amide bonds. The third kappa shape index (κ3) is 1.29. The van der Waals surface area contributed by atoms with E-state index >= 15 is 0 Å². The Bertz CT molecular complexity index is 328. The van der Waals surface area contributed by atoms with Crippen molar-refractivity contribution in [3.05, 3.63) is 23.8 Å². The number of rotatable bonds is 1. The van der Waals surface area contributed by atoms with Gasteiger partial charge in [0.25, 0.3) is 5.91 Å². The zero-order chi connectivity index (χ0) is 9.26. The highest BCUT2D eigenvalue weighted by molar-refractivity contribution is 6.06. The molecule has 1 unspecified atom stereocenters. The first-order chi connectivity index (χ1) is 6.33. The molecule has 0 bridgehead atoms. The second-order valence-corrected chi connectivity index (χ2v) is 3.09. The van der Waals surface area contributed by atoms with Crippen molar-refractivity contribution in [1.29, 1.82) is 0 Å². The van der Waals surface area contributed by atoms with Gasteiger partial charge in [0.05, 0.1) is 5.71 Å². The lowest BCUT2D eigenvalue weighted by molar-refractivity contribution is -0.118. The minimum Gasteiger partial charge on any atom is -0.325 e. The first kappa shape index (κ1) is 8.19. The summed E-state index contributed by atoms with van der Waals surface area (Å²) in [6.45, 7) is 0.399. The third-order valence-corrected chi connectivity index (χ3v) is 2.33. The first-order valence-electron chi connectivity index (χ1n) is 4.26. The van der Waals surface area contributed by atoms with Crippen molar-refractivity contribution in [2.24, 2.45) is 16.8 Å². The topological polar surface area (TPSA) is 67.5 Å². The van der Waals surface area contributed by atoms with E-state index in [0.29, 0.717) is 6.54 Å². The fraction of sp³-hybridized carbons (Fsp3) is 0.333. The third-order valence-electron chi connectivity index (χ3n) is 2.33. The van der Waals surface area contributed by atoms with Crippen LogP contribution in [0.4, 0.5) is 0 Å². The molecule has 0 radical (unpaired) electrons. The van der Waals surface area contributed by atoms with Crippen LogP contribution in [0.25, 0.3) is 0 Å². The number of allylic oxidation sites excluding steroid dienone is 3. The van der Waals surface area contributed by atoms with E-state index < -0.39 is 0 Å². The van der Waals surface area contributed by atoms with Gasteiger partial charge in [0.1, 0.15) is 0 Å². The zero-order valence-electron chi connectivity index (χ0n) is 7.16. The van der Waals surface area contributed by atoms with Crippen molar-refractivity contribution < 1.29 is 4.79 Å². The van der Waals surface area contributed by atoms with Crippen LogP contribution in [0.3, 0.4) is 0 Å². The molecule has 0 fully saturated rings. The summed E-state index contributed by atoms with van der Waals surface area (Å²) in [4.78, 5) is 11.3. The number of amides is 1. The molecule has 0 spiro atoms. The molecule has 68 valence electrons. The van der Waals surface area contributed by atoms with Crippen molar-refractivity contribution in [2.45, 2.75) is 6.42 Å². The number of carbonyl (C=O) groups excluding carboxylic acids is 1. The molecule has 0 saturated carbocycles. The number of nitrogens with one attached hydrogen (secondary N) is 1. The summed E-state index contributed by atoms with van der Waals surface area (Å²) in [5, 5.41) is 3.93. The molecule has 13 heavy (non-hydrogen) atoms. The minimum absolute atomic E-state index is 0.101. The van der Waals surface area contributed by atoms with Gasteiger partial charge in [0, 0.05) is 18.0 Å². The SMILES string of the molecule is NCC1=NNC(=O)C2=CC=CCC21. The Balaban J connectivity index is 2.36. The number of nitrogens with two attached hydrogens (primary N) is 1. The highest BCUT2D eigenvalue weighted by Gasteiger charge is 2.28. The van der Waals surface area contributed by atoms with Crippen LogP contribution in [-0.4, -0.2) is 18.2 Å². The number of hydrazone groups is 1. The zero-order valence-corrected chi connectivity index (χ0v) is 7.16. The van der Waals surface area contributed by atoms with Crippen LogP contribution >= 0.6 is 0 Å². The molecule has 4 nitrogen and oxygen atoms in total. The molecule has 0 aromatic carbocycles. The van der Waals surface area contributed by atoms with Gasteiger partial charge in [0.2, 0.25) is 0 Å². The number of hydrogen-bond acceptors (Lipinski definition) is 3. The van der Waals surface area contributed by atoms with Crippen molar-refractivity contribution in [3.8, 4) is 0 Å². The molecular formula is C9H11N3O. The van der Waals surface area contributed by atoms with Crippen molar-refractivity contribution in [3.63, 3.8) is 0 Å². The molecule has 3 N–H and O–H groups in total. The van der Waals surface area contributed by atoms with Gasteiger partial charge in [-0.2, -0.15) is 5.10 Å². The highest BCUT2D eigenvalue weighted by Crippen LogP contribution is 2.24. The lowest BCUT2D eigenvalue weighted by Gasteiger charge is -2.25. The molecule has 1 heterocycles. The smallest absolute Gasteiger partial charge is 0.267 e. The summed E-state index contributed by atoms with van der Waals surface area (Å²) >= 11 is 0. The summed E-state index contributed by atoms with van der Waals surface area (Å²) in [5.74, 6) is -0.00435. The van der Waals surface area contributed by atoms with Crippen molar-refractivity contribution in [1.82, 2.24) is 5.43 Å². The fourth-order valence-corrected chi connectivity index (χ4v) is 1.63. The molecule has 0 aromatic heterocycles. The van der Waals surface area contributed by atoms with Gasteiger partial charge in [-0.05, 0) is 6.42 Å². The van der Waals surface area contributed by atoms with E-state index in [1.54, 1.807) is 0 Å². The van der Waals surface area contributed by atoms with E-state index in [9.17, 15) is 4.79 Å². The molecular weight excluding hydrogens is 166 g/mol. The molecule has 2 rings (SSSR count). The maximum atomic E-state index is 11.3. The van der Waals surface area contributed by atoms with Gasteiger partial charge in [0.15, 0.2) is 0 Å². The number of hydrogen-bond donors (Lipinski definition) is 2. The molecule has 1 aliphatic carbocycles. The van der Waals surface area contributed by atoms with Gasteiger partial charge >= 0.3 is 0 Å². The van der Waals surface area contributed by atoms with Gasteiger partial charge in [-0.3, -0.25) is 4.79 Å². The van der Waals surface area contributed by atoms with Gasteiger partial charge < -0.3 is 5.73 Å². The highest BCUT2D eigenvalue weighted by atomic mass is 16.2. The average molecular weight is 177 g/mol. The Hall–Kier alpha value is -1.42. The number of carbonyl (C=O) groups is 1. The van der Waals surface area contributed by atoms with Crippen molar-refractivity contribution in [2.75, 3.05) is 6.54 Å². The average Bonchev–Trinajstić information content (AvgIpc) is 2.19. The maximum Gasteiger partial charge on any atom is 0.267 e. The second-order valence-electron chi connectivity index (χ2n) is 3.09. The van der Waals surface area contributed by atoms with E-state index in [1.807, 2.05) is 18.2 Å². The summed E-state index contributed by atoms with van der Waals surface area (Å²) in [6, 6.07) is 0. The van der Waals surface area contributed by atoms with E-state index in [2.05, 4.69) is 10.5 Å². The second kappa shape index (κ2) is 3.14. The lowest BCUT2D eigenvalue weighted by Crippen LogP contribution is -2.39. The van der Waals surface area contributed by atoms with Crippen LogP contribution in [0.5, 0.6) is 0 Å². The summed E-state index contributed by atoms with van der Waals surface area (Å²) in [5.41, 5.74) is 9.60. The summed E-state index contributed by atoms with van der Waals surface area (Å²) in [6.07, 6.45) is 6.58. The first-order valence-corrected chi connectivity index (χ1v) is 4.26. The quantitative estimate of drug-likeness (QED) is 0.589. The Morgan fingerprint density at radius 2 is 2.54 bits per heavy atom. The van der Waals surface area contributed by atoms with E-state index in [0.717, 1.165) is 17.7 Å². The Morgan fingerprint density at radius 1 is 1.69 bits per heavy atom. The molecule has 0 saturated heterocycles. The summed E-state index contributed by atoms with van der Waals surface area (Å²) < 4.78 is 0. The molecule has 1 aliphatic heterocycles. The molecule has 4 heteroatoms. The Morgan fingerprint density at radius 3 is 3.31 bits per heavy atom. The van der Waals surface area contributed by atoms with E-state index in [-0.39, 0.29) is 11.8 Å². The number of nitrogens with zero attached hydrogens (tertiary/aromatic N) is 1. The van der Waals surface area contributed by atoms with Gasteiger partial charge in [-0.25, -0.2) is 5.43 Å². The van der Waals surface area contributed by atoms with Crippen LogP contribution in [0.2, 0.25) is 0 Å². The van der Waals surface area contributed by atoms with Crippen LogP contribution in [0, 0.1) is 5.92 Å². The maximum absolute atomic E-state index is 11.3. The Kier molecular flexibility index (Phi) is 1.98. The van der Waals surface area contributed by atoms with Gasteiger partial charge in [-0.15, -0.1) is 0 Å². The van der Waals surface area contributed by atoms with Crippen LogP contribution in [0.1, 0.15) is 6.42 Å². The monoisotopic (exact) mass is 177 g/mol. The largest absolute Gasteiger partial charge is 0.325 e. The van der Waals surface area contributed by atoms with Crippen molar-refractivity contribution >= 4 is 11.6 Å². The minimum atomic E-state index is -0.105. The standard InChI is InChI=1S/C9H11N3O/c10-5-8-6-3-1-2-4-7(6)9(13)12-11-8/h1-2,4,6H,3,5,10H2,(H,12,13). The normalized spacial score (nSPS) is 25.9. The van der Waals surface area contributed by atoms with Crippen LogP contribution < -0.4 is 11.2 Å². The fourth-order valence-electron chi connectivity index (χ4n) is 1.63. The Labute approximate surface area is 76.2 Å². The summed E-state index contributed by atoms with van der Waals surface area (Å²) in [7, 11) is 0.